The highest BCUT2D eigenvalue weighted by Crippen LogP contribution is 2.29. The summed E-state index contributed by atoms with van der Waals surface area (Å²) in [5, 5.41) is 0. The predicted octanol–water partition coefficient (Wildman–Crippen LogP) is 0.600. The first-order chi connectivity index (χ1) is 9.77. The van der Waals surface area contributed by atoms with E-state index < -0.39 is 28.4 Å². The Hall–Kier alpha value is -1.87. The summed E-state index contributed by atoms with van der Waals surface area (Å²) < 4.78 is 48.5. The van der Waals surface area contributed by atoms with Crippen molar-refractivity contribution in [2.45, 2.75) is 11.8 Å². The van der Waals surface area contributed by atoms with Crippen LogP contribution in [-0.2, 0) is 19.6 Å². The number of nitrogens with two attached hydrogens (primary N) is 1. The molecule has 1 aromatic rings. The third-order valence-electron chi connectivity index (χ3n) is 2.77. The molecule has 0 saturated heterocycles. The Morgan fingerprint density at radius 2 is 2.00 bits per heavy atom. The van der Waals surface area contributed by atoms with E-state index in [4.69, 9.17) is 10.5 Å². The van der Waals surface area contributed by atoms with Crippen LogP contribution in [0.5, 0.6) is 5.75 Å². The summed E-state index contributed by atoms with van der Waals surface area (Å²) in [7, 11) is -1.70. The number of carbonyl (C=O) groups excluding carboxylic acids is 1. The number of anilines is 1. The Morgan fingerprint density at radius 1 is 1.38 bits per heavy atom. The number of sulfonamides is 1. The number of carbonyl (C=O) groups is 1. The normalized spacial score (nSPS) is 11.5. The molecule has 0 radical (unpaired) electrons. The van der Waals surface area contributed by atoms with Gasteiger partial charge in [-0.25, -0.2) is 12.8 Å². The number of esters is 1. The second-order valence-corrected chi connectivity index (χ2v) is 5.97. The lowest BCUT2D eigenvalue weighted by atomic mass is 10.3. The Kier molecular flexibility index (Phi) is 5.50. The molecule has 0 aromatic heterocycles. The molecule has 0 saturated carbocycles. The van der Waals surface area contributed by atoms with Crippen molar-refractivity contribution in [3.63, 3.8) is 0 Å². The van der Waals surface area contributed by atoms with Crippen LogP contribution < -0.4 is 10.5 Å². The topological polar surface area (TPSA) is 98.9 Å². The van der Waals surface area contributed by atoms with Crippen LogP contribution in [0.15, 0.2) is 17.0 Å². The van der Waals surface area contributed by atoms with Gasteiger partial charge < -0.3 is 15.2 Å². The number of benzene rings is 1. The quantitative estimate of drug-likeness (QED) is 0.609. The summed E-state index contributed by atoms with van der Waals surface area (Å²) >= 11 is 0. The Bertz CT molecular complexity index is 610. The summed E-state index contributed by atoms with van der Waals surface area (Å²) in [6, 6.07) is 1.88. The van der Waals surface area contributed by atoms with Crippen LogP contribution >= 0.6 is 0 Å². The molecule has 1 rings (SSSR count). The maximum Gasteiger partial charge on any atom is 0.321 e. The molecule has 0 spiro atoms. The number of halogens is 1. The minimum atomic E-state index is -4.07. The van der Waals surface area contributed by atoms with E-state index in [1.807, 2.05) is 0 Å². The van der Waals surface area contributed by atoms with Crippen LogP contribution in [0.25, 0.3) is 0 Å². The van der Waals surface area contributed by atoms with Crippen molar-refractivity contribution in [2.24, 2.45) is 0 Å². The molecule has 118 valence electrons. The predicted molar refractivity (Wildman–Crippen MR) is 73.8 cm³/mol. The first-order valence-electron chi connectivity index (χ1n) is 5.97. The van der Waals surface area contributed by atoms with Gasteiger partial charge in [-0.1, -0.05) is 6.92 Å². The average molecular weight is 320 g/mol. The van der Waals surface area contributed by atoms with Crippen molar-refractivity contribution < 1.29 is 27.1 Å². The molecule has 2 N–H and O–H groups in total. The van der Waals surface area contributed by atoms with Crippen LogP contribution in [0.3, 0.4) is 0 Å². The molecule has 0 aliphatic rings. The Morgan fingerprint density at radius 3 is 2.43 bits per heavy atom. The molecule has 7 nitrogen and oxygen atoms in total. The Labute approximate surface area is 122 Å². The lowest BCUT2D eigenvalue weighted by molar-refractivity contribution is -0.140. The van der Waals surface area contributed by atoms with Gasteiger partial charge in [0.25, 0.3) is 0 Å². The minimum absolute atomic E-state index is 0.0188. The molecule has 0 fully saturated rings. The van der Waals surface area contributed by atoms with Crippen molar-refractivity contribution in [1.82, 2.24) is 4.31 Å². The van der Waals surface area contributed by atoms with Gasteiger partial charge in [-0.15, -0.1) is 0 Å². The van der Waals surface area contributed by atoms with Gasteiger partial charge >= 0.3 is 5.97 Å². The summed E-state index contributed by atoms with van der Waals surface area (Å²) in [4.78, 5) is 10.9. The second-order valence-electron chi connectivity index (χ2n) is 4.03. The number of hydrogen-bond acceptors (Lipinski definition) is 6. The monoisotopic (exact) mass is 320 g/mol. The summed E-state index contributed by atoms with van der Waals surface area (Å²) in [6.45, 7) is 1.09. The lowest BCUT2D eigenvalue weighted by Gasteiger charge is -2.19. The standard InChI is InChI=1S/C12H17FN2O5S/c1-4-15(7-11(16)19-2)21(17,18)8-5-9(13)12(20-3)10(14)6-8/h5-6H,4,7,14H2,1-3H3. The lowest BCUT2D eigenvalue weighted by Crippen LogP contribution is -2.36. The second kappa shape index (κ2) is 6.72. The average Bonchev–Trinajstić information content (AvgIpc) is 2.43. The molecule has 1 aromatic carbocycles. The number of ether oxygens (including phenoxy) is 2. The van der Waals surface area contributed by atoms with Crippen molar-refractivity contribution in [1.29, 1.82) is 0 Å². The molecule has 0 bridgehead atoms. The zero-order valence-corrected chi connectivity index (χ0v) is 12.7. The van der Waals surface area contributed by atoms with E-state index in [-0.39, 0.29) is 22.9 Å². The fourth-order valence-corrected chi connectivity index (χ4v) is 3.12. The number of methoxy groups -OCH3 is 2. The van der Waals surface area contributed by atoms with Crippen LogP contribution in [0.4, 0.5) is 10.1 Å². The van der Waals surface area contributed by atoms with E-state index in [0.717, 1.165) is 23.5 Å². The first-order valence-corrected chi connectivity index (χ1v) is 7.41. The van der Waals surface area contributed by atoms with Gasteiger partial charge in [0.1, 0.15) is 6.54 Å². The van der Waals surface area contributed by atoms with E-state index in [1.54, 1.807) is 6.92 Å². The maximum atomic E-state index is 13.8. The molecule has 21 heavy (non-hydrogen) atoms. The highest BCUT2D eigenvalue weighted by atomic mass is 32.2. The molecular formula is C12H17FN2O5S. The third kappa shape index (κ3) is 3.61. The van der Waals surface area contributed by atoms with Crippen molar-refractivity contribution in [3.05, 3.63) is 17.9 Å². The maximum absolute atomic E-state index is 13.8. The van der Waals surface area contributed by atoms with E-state index in [9.17, 15) is 17.6 Å². The van der Waals surface area contributed by atoms with Crippen molar-refractivity contribution in [3.8, 4) is 5.75 Å². The molecule has 0 unspecified atom stereocenters. The number of nitrogens with zero attached hydrogens (tertiary/aromatic N) is 1. The van der Waals surface area contributed by atoms with Gasteiger partial charge in [-0.3, -0.25) is 4.79 Å². The molecule has 9 heteroatoms. The van der Waals surface area contributed by atoms with Gasteiger partial charge in [0.2, 0.25) is 10.0 Å². The fourth-order valence-electron chi connectivity index (χ4n) is 1.68. The van der Waals surface area contributed by atoms with Crippen LogP contribution in [0, 0.1) is 5.82 Å². The van der Waals surface area contributed by atoms with Crippen LogP contribution in [-0.4, -0.2) is 46.0 Å². The smallest absolute Gasteiger partial charge is 0.321 e. The van der Waals surface area contributed by atoms with E-state index in [1.165, 1.54) is 7.11 Å². The van der Waals surface area contributed by atoms with Gasteiger partial charge in [0.15, 0.2) is 11.6 Å². The van der Waals surface area contributed by atoms with Crippen molar-refractivity contribution >= 4 is 21.7 Å². The minimum Gasteiger partial charge on any atom is -0.492 e. The molecule has 0 heterocycles. The van der Waals surface area contributed by atoms with E-state index >= 15 is 0 Å². The van der Waals surface area contributed by atoms with Gasteiger partial charge in [0.05, 0.1) is 24.8 Å². The summed E-state index contributed by atoms with van der Waals surface area (Å²) in [5.74, 6) is -1.85. The molecule has 0 amide bonds. The van der Waals surface area contributed by atoms with Crippen LogP contribution in [0.1, 0.15) is 6.92 Å². The van der Waals surface area contributed by atoms with Gasteiger partial charge in [-0.2, -0.15) is 4.31 Å². The number of hydrogen-bond donors (Lipinski definition) is 1. The molecule has 0 atom stereocenters. The fraction of sp³-hybridized carbons (Fsp3) is 0.417. The summed E-state index contributed by atoms with van der Waals surface area (Å²) in [5.41, 5.74) is 5.41. The first kappa shape index (κ1) is 17.2. The highest BCUT2D eigenvalue weighted by Gasteiger charge is 2.27. The van der Waals surface area contributed by atoms with Gasteiger partial charge in [-0.05, 0) is 12.1 Å². The Balaban J connectivity index is 3.26. The largest absolute Gasteiger partial charge is 0.492 e. The third-order valence-corrected chi connectivity index (χ3v) is 4.67. The molecule has 0 aliphatic heterocycles. The number of rotatable bonds is 6. The summed E-state index contributed by atoms with van der Waals surface area (Å²) in [6.07, 6.45) is 0. The SMILES string of the molecule is CCN(CC(=O)OC)S(=O)(=O)c1cc(N)c(OC)c(F)c1. The zero-order chi connectivity index (χ0) is 16.2. The van der Waals surface area contributed by atoms with E-state index in [0.29, 0.717) is 0 Å². The highest BCUT2D eigenvalue weighted by molar-refractivity contribution is 7.89. The number of likely N-dealkylation sites (N-methyl/N-ethyl adjacent to an activating group) is 1. The molecule has 0 aliphatic carbocycles. The van der Waals surface area contributed by atoms with Gasteiger partial charge in [0, 0.05) is 6.54 Å². The van der Waals surface area contributed by atoms with Crippen molar-refractivity contribution in [2.75, 3.05) is 33.0 Å². The molecular weight excluding hydrogens is 303 g/mol. The van der Waals surface area contributed by atoms with E-state index in [2.05, 4.69) is 4.74 Å². The van der Waals surface area contributed by atoms with Crippen LogP contribution in [0.2, 0.25) is 0 Å². The number of nitrogen functional groups attached to an aromatic ring is 1. The zero-order valence-electron chi connectivity index (χ0n) is 11.9.